The average Bonchev–Trinajstić information content (AvgIpc) is 3.87. The van der Waals surface area contributed by atoms with Crippen LogP contribution < -0.4 is 21.7 Å². The summed E-state index contributed by atoms with van der Waals surface area (Å²) in [4.78, 5) is 35.2. The van der Waals surface area contributed by atoms with Crippen molar-refractivity contribution in [1.29, 1.82) is 0 Å². The molecule has 3 aliphatic heterocycles. The number of halogens is 1. The summed E-state index contributed by atoms with van der Waals surface area (Å²) in [6.45, 7) is -4.36. The summed E-state index contributed by atoms with van der Waals surface area (Å²) in [6, 6.07) is 0. The van der Waals surface area contributed by atoms with Gasteiger partial charge in [0.05, 0.1) is 25.9 Å². The first-order valence-corrected chi connectivity index (χ1v) is 21.6. The summed E-state index contributed by atoms with van der Waals surface area (Å²) in [6.07, 6.45) is -7.43. The predicted molar refractivity (Wildman–Crippen MR) is 187 cm³/mol. The molecular weight excluding hydrogens is 771 g/mol. The van der Waals surface area contributed by atoms with Gasteiger partial charge < -0.3 is 26.0 Å². The first kappa shape index (κ1) is 37.6. The summed E-state index contributed by atoms with van der Waals surface area (Å²) in [5, 5.41) is 11.5. The van der Waals surface area contributed by atoms with Crippen molar-refractivity contribution in [3.8, 4) is 0 Å². The van der Waals surface area contributed by atoms with Gasteiger partial charge >= 0.3 is 13.6 Å². The molecule has 4 aromatic rings. The number of anilines is 2. The van der Waals surface area contributed by atoms with Crippen LogP contribution in [-0.4, -0.2) is 99.6 Å². The zero-order valence-electron chi connectivity index (χ0n) is 27.7. The number of fused-ring (bicyclic) bond motifs is 5. The highest BCUT2D eigenvalue weighted by molar-refractivity contribution is 8.54. The Kier molecular flexibility index (Phi) is 10.2. The van der Waals surface area contributed by atoms with Crippen LogP contribution in [0.15, 0.2) is 23.8 Å². The van der Waals surface area contributed by atoms with E-state index in [1.54, 1.807) is 0 Å². The van der Waals surface area contributed by atoms with Gasteiger partial charge in [-0.25, -0.2) is 38.2 Å². The molecule has 0 radical (unpaired) electrons. The molecule has 3 aliphatic rings. The van der Waals surface area contributed by atoms with Gasteiger partial charge in [-0.1, -0.05) is 26.1 Å². The van der Waals surface area contributed by atoms with Crippen molar-refractivity contribution in [1.82, 2.24) is 43.8 Å². The van der Waals surface area contributed by atoms with Crippen LogP contribution in [0.3, 0.4) is 0 Å². The van der Waals surface area contributed by atoms with Crippen LogP contribution in [0, 0.1) is 0 Å². The van der Waals surface area contributed by atoms with Gasteiger partial charge in [-0.05, 0) is 19.8 Å². The lowest BCUT2D eigenvalue weighted by molar-refractivity contribution is -0.0568. The number of nitrogen functional groups attached to an aromatic ring is 2. The molecule has 7 N–H and O–H groups in total. The van der Waals surface area contributed by atoms with Crippen LogP contribution in [0.2, 0.25) is 0 Å². The molecule has 0 spiro atoms. The lowest BCUT2D eigenvalue weighted by Gasteiger charge is -2.32. The van der Waals surface area contributed by atoms with E-state index >= 15 is 4.39 Å². The van der Waals surface area contributed by atoms with Crippen molar-refractivity contribution in [3.05, 3.63) is 29.3 Å². The molecule has 0 unspecified atom stereocenters. The molecule has 52 heavy (non-hydrogen) atoms. The van der Waals surface area contributed by atoms with Gasteiger partial charge in [0.2, 0.25) is 5.95 Å². The molecule has 10 atom stereocenters. The van der Waals surface area contributed by atoms with Crippen molar-refractivity contribution < 1.29 is 46.2 Å². The van der Waals surface area contributed by atoms with Gasteiger partial charge in [-0.2, -0.15) is 4.98 Å². The van der Waals surface area contributed by atoms with Gasteiger partial charge in [0, 0.05) is 17.1 Å². The summed E-state index contributed by atoms with van der Waals surface area (Å²) in [5.41, 5.74) is 10.7. The smallest absolute Gasteiger partial charge is 0.387 e. The number of alkyl halides is 1. The van der Waals surface area contributed by atoms with Crippen LogP contribution in [-0.2, 0) is 36.7 Å². The van der Waals surface area contributed by atoms with Crippen molar-refractivity contribution in [2.24, 2.45) is 0 Å². The number of nitrogens with one attached hydrogen (secondary N) is 2. The molecule has 7 heterocycles. The topological polar surface area (TPSA) is 281 Å². The molecule has 21 nitrogen and oxygen atoms in total. The normalized spacial score (nSPS) is 34.6. The van der Waals surface area contributed by atoms with Crippen LogP contribution in [0.4, 0.5) is 16.2 Å². The number of H-pyrrole nitrogens is 1. The number of rotatable bonds is 7. The lowest BCUT2D eigenvalue weighted by Crippen LogP contribution is -2.38. The third-order valence-electron chi connectivity index (χ3n) is 9.23. The minimum absolute atomic E-state index is 0.0763. The molecule has 0 aliphatic carbocycles. The summed E-state index contributed by atoms with van der Waals surface area (Å²) in [5.74, 6) is -0.179. The van der Waals surface area contributed by atoms with Gasteiger partial charge in [-0.15, -0.1) is 0 Å². The van der Waals surface area contributed by atoms with E-state index in [9.17, 15) is 19.0 Å². The fraction of sp³-hybridized carbons (Fsp3) is 0.615. The maximum Gasteiger partial charge on any atom is 0.404 e. The van der Waals surface area contributed by atoms with Crippen molar-refractivity contribution in [2.75, 3.05) is 24.7 Å². The third-order valence-corrected chi connectivity index (χ3v) is 14.1. The molecule has 0 aromatic carbocycles. The van der Waals surface area contributed by atoms with Crippen molar-refractivity contribution >= 4 is 71.5 Å². The van der Waals surface area contributed by atoms with Gasteiger partial charge in [0.25, 0.3) is 5.56 Å². The molecule has 3 saturated heterocycles. The minimum Gasteiger partial charge on any atom is -0.387 e. The van der Waals surface area contributed by atoms with Crippen LogP contribution in [0.5, 0.6) is 0 Å². The Morgan fingerprint density at radius 1 is 1.02 bits per heavy atom. The highest BCUT2D eigenvalue weighted by Gasteiger charge is 2.54. The van der Waals surface area contributed by atoms with E-state index in [1.165, 1.54) is 17.2 Å². The number of imidazole rings is 2. The summed E-state index contributed by atoms with van der Waals surface area (Å²) in [7, 11) is 0. The largest absolute Gasteiger partial charge is 0.404 e. The van der Waals surface area contributed by atoms with E-state index in [-0.39, 0.29) is 34.1 Å². The molecule has 0 amide bonds. The highest BCUT2D eigenvalue weighted by Crippen LogP contribution is 2.64. The monoisotopic (exact) mass is 807 g/mol. The molecule has 26 heteroatoms. The van der Waals surface area contributed by atoms with E-state index < -0.39 is 87.1 Å². The molecule has 3 fully saturated rings. The quantitative estimate of drug-likeness (QED) is 0.0888. The fourth-order valence-electron chi connectivity index (χ4n) is 5.86. The Bertz CT molecular complexity index is 2120. The SMILES string of the molecule is CCC(C)(CC)NS[P@@]1(=O)OC[C@H]2O[C@@H](n3cnc4c(=O)[nH]c(N)nc43)[C@H](F)[C@@H]2O[P@](=O)(S)OC[C@H]2O[C@@H](n3cnc4c(N)ncnc43)[C@H](O1)[C@@H]2O. The summed E-state index contributed by atoms with van der Waals surface area (Å²) < 4.78 is 86.0. The maximum atomic E-state index is 16.4. The Hall–Kier alpha value is -2.73. The number of hydrogen-bond acceptors (Lipinski definition) is 19. The number of thiol groups is 1. The molecular formula is C26H36FN11O10P2S2. The van der Waals surface area contributed by atoms with Crippen molar-refractivity contribution in [3.63, 3.8) is 0 Å². The second-order valence-corrected chi connectivity index (χ2v) is 19.0. The zero-order chi connectivity index (χ0) is 37.2. The number of nitrogens with zero attached hydrogens (tertiary/aromatic N) is 7. The Balaban J connectivity index is 1.26. The first-order chi connectivity index (χ1) is 24.6. The average molecular weight is 808 g/mol. The maximum absolute atomic E-state index is 16.4. The Labute approximate surface area is 303 Å². The number of hydrogen-bond donors (Lipinski definition) is 6. The lowest BCUT2D eigenvalue weighted by atomic mass is 9.98. The van der Waals surface area contributed by atoms with E-state index in [2.05, 4.69) is 46.9 Å². The van der Waals surface area contributed by atoms with E-state index in [0.29, 0.717) is 24.4 Å². The third kappa shape index (κ3) is 7.00. The number of ether oxygens (including phenoxy) is 2. The number of aliphatic hydroxyl groups excluding tert-OH is 1. The van der Waals surface area contributed by atoms with Gasteiger partial charge in [-0.3, -0.25) is 37.0 Å². The van der Waals surface area contributed by atoms with Crippen molar-refractivity contribution in [2.45, 2.75) is 88.3 Å². The number of aromatic nitrogens is 8. The Morgan fingerprint density at radius 2 is 1.69 bits per heavy atom. The van der Waals surface area contributed by atoms with Crippen LogP contribution in [0.1, 0.15) is 46.1 Å². The number of aliphatic hydroxyl groups is 1. The van der Waals surface area contributed by atoms with Crippen LogP contribution >= 0.6 is 37.4 Å². The van der Waals surface area contributed by atoms with Gasteiger partial charge in [0.15, 0.2) is 41.3 Å². The minimum atomic E-state index is -4.46. The van der Waals surface area contributed by atoms with E-state index in [4.69, 9.17) is 39.0 Å². The predicted octanol–water partition coefficient (Wildman–Crippen LogP) is 2.40. The first-order valence-electron chi connectivity index (χ1n) is 16.0. The van der Waals surface area contributed by atoms with E-state index in [0.717, 1.165) is 10.9 Å². The molecule has 0 saturated carbocycles. The standard InChI is InChI=1S/C26H36FN11O10P2S2/c1-4-26(3,5-2)36-52-50(42)44-7-12-17(13(27)23(46-12)38-10-33-15-21(38)34-25(29)35-22(15)40)47-49(41,51)43-6-11-16(39)18(48-50)24(45-11)37-9-32-14-19(28)30-8-31-20(14)37/h8-13,16-18,23-24,36,39H,4-7H2,1-3H3,(H,41,51)(H2,28,30,31)(H3,29,34,35,40)/t11-,12-,13-,16-,17-,18-,23-,24-,49-,50+/m1/s1. The fourth-order valence-corrected chi connectivity index (χ4v) is 10.7. The summed E-state index contributed by atoms with van der Waals surface area (Å²) >= 11 is 4.73. The molecule has 4 aromatic heterocycles. The molecule has 7 rings (SSSR count). The van der Waals surface area contributed by atoms with Gasteiger partial charge in [0.1, 0.15) is 42.4 Å². The van der Waals surface area contributed by atoms with Crippen LogP contribution in [0.25, 0.3) is 22.3 Å². The molecule has 284 valence electrons. The number of aromatic amines is 1. The molecule has 2 bridgehead atoms. The van der Waals surface area contributed by atoms with E-state index in [1.807, 2.05) is 20.8 Å². The highest BCUT2D eigenvalue weighted by atomic mass is 32.7. The second-order valence-electron chi connectivity index (χ2n) is 12.5. The number of nitrogens with two attached hydrogens (primary N) is 2. The second kappa shape index (κ2) is 14.2. The zero-order valence-corrected chi connectivity index (χ0v) is 31.2. The Morgan fingerprint density at radius 3 is 2.42 bits per heavy atom.